The molecule has 86 valence electrons. The molecular formula is C14H14N2O. The van der Waals surface area contributed by atoms with Crippen LogP contribution in [0, 0.1) is 13.8 Å². The number of nitrogens with zero attached hydrogens (tertiary/aromatic N) is 1. The second-order valence-electron chi connectivity index (χ2n) is 4.16. The minimum absolute atomic E-state index is 0.452. The lowest BCUT2D eigenvalue weighted by Crippen LogP contribution is -2.12. The maximum absolute atomic E-state index is 11.3. The molecule has 2 aromatic rings. The van der Waals surface area contributed by atoms with Crippen molar-refractivity contribution < 1.29 is 4.79 Å². The van der Waals surface area contributed by atoms with Crippen LogP contribution in [0.25, 0.3) is 11.1 Å². The molecule has 1 amide bonds. The summed E-state index contributed by atoms with van der Waals surface area (Å²) in [6.45, 7) is 4.06. The normalized spacial score (nSPS) is 10.2. The van der Waals surface area contributed by atoms with Gasteiger partial charge in [0.2, 0.25) is 0 Å². The molecular weight excluding hydrogens is 212 g/mol. The number of amides is 1. The van der Waals surface area contributed by atoms with Gasteiger partial charge in [-0.1, -0.05) is 29.3 Å². The van der Waals surface area contributed by atoms with Gasteiger partial charge in [-0.2, -0.15) is 0 Å². The third-order valence-corrected chi connectivity index (χ3v) is 2.62. The highest BCUT2D eigenvalue weighted by Crippen LogP contribution is 2.24. The Kier molecular flexibility index (Phi) is 2.91. The predicted molar refractivity (Wildman–Crippen MR) is 67.7 cm³/mol. The summed E-state index contributed by atoms with van der Waals surface area (Å²) in [7, 11) is 0. The summed E-state index contributed by atoms with van der Waals surface area (Å²) >= 11 is 0. The quantitative estimate of drug-likeness (QED) is 0.855. The molecule has 0 saturated heterocycles. The van der Waals surface area contributed by atoms with E-state index in [1.165, 1.54) is 6.20 Å². The first-order chi connectivity index (χ1) is 8.08. The summed E-state index contributed by atoms with van der Waals surface area (Å²) in [5.74, 6) is -0.452. The molecule has 1 aromatic heterocycles. The summed E-state index contributed by atoms with van der Waals surface area (Å²) < 4.78 is 0. The zero-order chi connectivity index (χ0) is 12.4. The summed E-state index contributed by atoms with van der Waals surface area (Å²) in [6, 6.07) is 7.98. The van der Waals surface area contributed by atoms with Crippen molar-refractivity contribution in [2.24, 2.45) is 5.73 Å². The number of aryl methyl sites for hydroxylation is 2. The number of carbonyl (C=O) groups excluding carboxylic acids is 1. The molecule has 0 unspecified atom stereocenters. The van der Waals surface area contributed by atoms with Gasteiger partial charge in [0.1, 0.15) is 0 Å². The summed E-state index contributed by atoms with van der Waals surface area (Å²) in [4.78, 5) is 15.3. The number of rotatable bonds is 2. The van der Waals surface area contributed by atoms with E-state index in [9.17, 15) is 4.79 Å². The van der Waals surface area contributed by atoms with Crippen LogP contribution in [0.4, 0.5) is 0 Å². The highest BCUT2D eigenvalue weighted by Gasteiger charge is 2.10. The molecule has 0 aliphatic rings. The molecule has 0 bridgehead atoms. The van der Waals surface area contributed by atoms with E-state index in [4.69, 9.17) is 5.73 Å². The Morgan fingerprint density at radius 3 is 2.41 bits per heavy atom. The van der Waals surface area contributed by atoms with Crippen LogP contribution in [0.15, 0.2) is 36.7 Å². The minimum atomic E-state index is -0.452. The number of pyridine rings is 1. The Morgan fingerprint density at radius 2 is 1.82 bits per heavy atom. The van der Waals surface area contributed by atoms with Crippen LogP contribution < -0.4 is 5.73 Å². The standard InChI is InChI=1S/C14H14N2O/c1-9-5-10(2)7-11(6-9)12-3-4-16-8-13(12)14(15)17/h3-8H,1-2H3,(H2,15,17). The topological polar surface area (TPSA) is 56.0 Å². The molecule has 1 heterocycles. The lowest BCUT2D eigenvalue weighted by molar-refractivity contribution is 0.100. The van der Waals surface area contributed by atoms with Crippen LogP contribution in [-0.2, 0) is 0 Å². The molecule has 0 aliphatic heterocycles. The van der Waals surface area contributed by atoms with Crippen molar-refractivity contribution >= 4 is 5.91 Å². The molecule has 1 aromatic carbocycles. The number of primary amides is 1. The molecule has 0 aliphatic carbocycles. The lowest BCUT2D eigenvalue weighted by Gasteiger charge is -2.08. The fourth-order valence-electron chi connectivity index (χ4n) is 1.97. The zero-order valence-electron chi connectivity index (χ0n) is 9.90. The number of hydrogen-bond donors (Lipinski definition) is 1. The number of benzene rings is 1. The van der Waals surface area contributed by atoms with E-state index in [2.05, 4.69) is 11.1 Å². The Morgan fingerprint density at radius 1 is 1.18 bits per heavy atom. The minimum Gasteiger partial charge on any atom is -0.366 e. The fraction of sp³-hybridized carbons (Fsp3) is 0.143. The molecule has 17 heavy (non-hydrogen) atoms. The van der Waals surface area contributed by atoms with E-state index in [-0.39, 0.29) is 0 Å². The van der Waals surface area contributed by atoms with Crippen LogP contribution in [0.3, 0.4) is 0 Å². The highest BCUT2D eigenvalue weighted by atomic mass is 16.1. The number of carbonyl (C=O) groups is 1. The maximum Gasteiger partial charge on any atom is 0.250 e. The molecule has 2 N–H and O–H groups in total. The van der Waals surface area contributed by atoms with Crippen LogP contribution in [0.1, 0.15) is 21.5 Å². The molecule has 0 saturated carbocycles. The van der Waals surface area contributed by atoms with Crippen LogP contribution in [-0.4, -0.2) is 10.9 Å². The van der Waals surface area contributed by atoms with Crippen LogP contribution in [0.2, 0.25) is 0 Å². The van der Waals surface area contributed by atoms with Crippen LogP contribution >= 0.6 is 0 Å². The van der Waals surface area contributed by atoms with E-state index >= 15 is 0 Å². The van der Waals surface area contributed by atoms with E-state index in [0.29, 0.717) is 5.56 Å². The van der Waals surface area contributed by atoms with Gasteiger partial charge in [-0.15, -0.1) is 0 Å². The van der Waals surface area contributed by atoms with Crippen molar-refractivity contribution in [2.45, 2.75) is 13.8 Å². The maximum atomic E-state index is 11.3. The largest absolute Gasteiger partial charge is 0.366 e. The first kappa shape index (κ1) is 11.3. The third kappa shape index (κ3) is 2.33. The third-order valence-electron chi connectivity index (χ3n) is 2.62. The molecule has 3 nitrogen and oxygen atoms in total. The molecule has 0 atom stereocenters. The van der Waals surface area contributed by atoms with Gasteiger partial charge in [-0.25, -0.2) is 0 Å². The first-order valence-corrected chi connectivity index (χ1v) is 5.40. The van der Waals surface area contributed by atoms with Gasteiger partial charge in [0.15, 0.2) is 0 Å². The smallest absolute Gasteiger partial charge is 0.250 e. The Bertz CT molecular complexity index is 556. The fourth-order valence-corrected chi connectivity index (χ4v) is 1.97. The van der Waals surface area contributed by atoms with Crippen molar-refractivity contribution in [3.63, 3.8) is 0 Å². The van der Waals surface area contributed by atoms with Crippen molar-refractivity contribution in [1.29, 1.82) is 0 Å². The second kappa shape index (κ2) is 4.37. The van der Waals surface area contributed by atoms with E-state index in [1.807, 2.05) is 32.0 Å². The Hall–Kier alpha value is -2.16. The first-order valence-electron chi connectivity index (χ1n) is 5.40. The van der Waals surface area contributed by atoms with Gasteiger partial charge in [0, 0.05) is 12.4 Å². The molecule has 0 spiro atoms. The highest BCUT2D eigenvalue weighted by molar-refractivity contribution is 5.99. The SMILES string of the molecule is Cc1cc(C)cc(-c2ccncc2C(N)=O)c1. The number of aromatic nitrogens is 1. The molecule has 0 fully saturated rings. The summed E-state index contributed by atoms with van der Waals surface area (Å²) in [5.41, 5.74) is 9.96. The van der Waals surface area contributed by atoms with Gasteiger partial charge in [0.05, 0.1) is 5.56 Å². The van der Waals surface area contributed by atoms with Crippen molar-refractivity contribution in [3.8, 4) is 11.1 Å². The number of hydrogen-bond acceptors (Lipinski definition) is 2. The average Bonchev–Trinajstić information content (AvgIpc) is 2.27. The molecule has 2 rings (SSSR count). The molecule has 0 radical (unpaired) electrons. The van der Waals surface area contributed by atoms with Gasteiger partial charge in [-0.3, -0.25) is 9.78 Å². The predicted octanol–water partition coefficient (Wildman–Crippen LogP) is 2.46. The van der Waals surface area contributed by atoms with Crippen molar-refractivity contribution in [2.75, 3.05) is 0 Å². The van der Waals surface area contributed by atoms with E-state index in [1.54, 1.807) is 6.20 Å². The van der Waals surface area contributed by atoms with Gasteiger partial charge in [-0.05, 0) is 31.0 Å². The van der Waals surface area contributed by atoms with Gasteiger partial charge >= 0.3 is 0 Å². The average molecular weight is 226 g/mol. The van der Waals surface area contributed by atoms with Crippen LogP contribution in [0.5, 0.6) is 0 Å². The van der Waals surface area contributed by atoms with E-state index in [0.717, 1.165) is 22.3 Å². The number of nitrogens with two attached hydrogens (primary N) is 1. The second-order valence-corrected chi connectivity index (χ2v) is 4.16. The summed E-state index contributed by atoms with van der Waals surface area (Å²) in [6.07, 6.45) is 3.18. The summed E-state index contributed by atoms with van der Waals surface area (Å²) in [5, 5.41) is 0. The monoisotopic (exact) mass is 226 g/mol. The Labute approximate surface area is 100 Å². The Balaban J connectivity index is 2.64. The van der Waals surface area contributed by atoms with Gasteiger partial charge in [0.25, 0.3) is 5.91 Å². The van der Waals surface area contributed by atoms with E-state index < -0.39 is 5.91 Å². The van der Waals surface area contributed by atoms with Crippen molar-refractivity contribution in [1.82, 2.24) is 4.98 Å². The van der Waals surface area contributed by atoms with Crippen molar-refractivity contribution in [3.05, 3.63) is 53.3 Å². The van der Waals surface area contributed by atoms with Gasteiger partial charge < -0.3 is 5.73 Å². The molecule has 3 heteroatoms. The lowest BCUT2D eigenvalue weighted by atomic mass is 9.98. The zero-order valence-corrected chi connectivity index (χ0v) is 9.90.